The molecule has 0 saturated heterocycles. The first-order valence-corrected chi connectivity index (χ1v) is 6.19. The first kappa shape index (κ1) is 13.4. The molecule has 0 heterocycles. The van der Waals surface area contributed by atoms with Gasteiger partial charge >= 0.3 is 0 Å². The van der Waals surface area contributed by atoms with Gasteiger partial charge in [-0.25, -0.2) is 4.39 Å². The van der Waals surface area contributed by atoms with Crippen molar-refractivity contribution in [3.8, 4) is 6.07 Å². The van der Waals surface area contributed by atoms with Crippen LogP contribution >= 0.6 is 11.6 Å². The van der Waals surface area contributed by atoms with E-state index in [1.54, 1.807) is 24.3 Å². The Morgan fingerprint density at radius 3 is 2.68 bits per heavy atom. The first-order valence-electron chi connectivity index (χ1n) is 5.82. The Morgan fingerprint density at radius 2 is 2.05 bits per heavy atom. The zero-order chi connectivity index (χ0) is 13.8. The van der Waals surface area contributed by atoms with Crippen molar-refractivity contribution in [2.24, 2.45) is 0 Å². The number of nitrogens with one attached hydrogen (secondary N) is 1. The molecule has 0 aliphatic heterocycles. The average Bonchev–Trinajstić information content (AvgIpc) is 2.39. The Bertz CT molecular complexity index is 634. The number of halogens is 2. The van der Waals surface area contributed by atoms with Crippen LogP contribution in [0.15, 0.2) is 42.5 Å². The number of hydrogen-bond donors (Lipinski definition) is 1. The highest BCUT2D eigenvalue weighted by Crippen LogP contribution is 2.24. The maximum atomic E-state index is 13.1. The molecule has 2 aromatic carbocycles. The second-order valence-corrected chi connectivity index (χ2v) is 4.63. The molecule has 0 amide bonds. The zero-order valence-electron chi connectivity index (χ0n) is 10.3. The van der Waals surface area contributed by atoms with Crippen LogP contribution in [-0.2, 0) is 0 Å². The average molecular weight is 275 g/mol. The van der Waals surface area contributed by atoms with Gasteiger partial charge in [0.25, 0.3) is 0 Å². The van der Waals surface area contributed by atoms with Crippen LogP contribution in [0.5, 0.6) is 0 Å². The van der Waals surface area contributed by atoms with Crippen LogP contribution in [0, 0.1) is 17.1 Å². The van der Waals surface area contributed by atoms with Gasteiger partial charge in [-0.15, -0.1) is 0 Å². The summed E-state index contributed by atoms with van der Waals surface area (Å²) in [5.41, 5.74) is 2.08. The van der Waals surface area contributed by atoms with E-state index in [-0.39, 0.29) is 11.9 Å². The quantitative estimate of drug-likeness (QED) is 0.893. The number of nitriles is 1. The standard InChI is InChI=1S/C15H12ClFN2/c1-10(11-3-2-4-13(17)7-11)19-14-6-5-12(9-18)15(16)8-14/h2-8,10,19H,1H3. The third-order valence-electron chi connectivity index (χ3n) is 2.82. The zero-order valence-corrected chi connectivity index (χ0v) is 11.1. The van der Waals surface area contributed by atoms with Crippen LogP contribution in [0.1, 0.15) is 24.1 Å². The summed E-state index contributed by atoms with van der Waals surface area (Å²) < 4.78 is 13.1. The molecule has 1 atom stereocenters. The van der Waals surface area contributed by atoms with Crippen LogP contribution in [0.3, 0.4) is 0 Å². The van der Waals surface area contributed by atoms with E-state index in [9.17, 15) is 4.39 Å². The second kappa shape index (κ2) is 5.73. The fourth-order valence-electron chi connectivity index (χ4n) is 1.80. The summed E-state index contributed by atoms with van der Waals surface area (Å²) in [4.78, 5) is 0. The van der Waals surface area contributed by atoms with Gasteiger partial charge in [0.05, 0.1) is 10.6 Å². The Labute approximate surface area is 116 Å². The SMILES string of the molecule is CC(Nc1ccc(C#N)c(Cl)c1)c1cccc(F)c1. The number of nitrogens with zero attached hydrogens (tertiary/aromatic N) is 1. The molecule has 0 radical (unpaired) electrons. The number of benzene rings is 2. The Balaban J connectivity index is 2.17. The maximum absolute atomic E-state index is 13.1. The summed E-state index contributed by atoms with van der Waals surface area (Å²) in [7, 11) is 0. The third-order valence-corrected chi connectivity index (χ3v) is 3.13. The second-order valence-electron chi connectivity index (χ2n) is 4.23. The molecule has 96 valence electrons. The molecular formula is C15H12ClFN2. The summed E-state index contributed by atoms with van der Waals surface area (Å²) in [6.07, 6.45) is 0. The van der Waals surface area contributed by atoms with Crippen LogP contribution in [-0.4, -0.2) is 0 Å². The van der Waals surface area contributed by atoms with E-state index in [0.29, 0.717) is 10.6 Å². The van der Waals surface area contributed by atoms with Crippen LogP contribution < -0.4 is 5.32 Å². The summed E-state index contributed by atoms with van der Waals surface area (Å²) >= 11 is 5.96. The number of anilines is 1. The van der Waals surface area contributed by atoms with Crippen LogP contribution in [0.25, 0.3) is 0 Å². The lowest BCUT2D eigenvalue weighted by Gasteiger charge is -2.16. The monoisotopic (exact) mass is 274 g/mol. The third kappa shape index (κ3) is 3.24. The van der Waals surface area contributed by atoms with Gasteiger partial charge in [0.2, 0.25) is 0 Å². The Kier molecular flexibility index (Phi) is 4.03. The molecule has 1 N–H and O–H groups in total. The molecule has 2 rings (SSSR count). The minimum absolute atomic E-state index is 0.0558. The fraction of sp³-hybridized carbons (Fsp3) is 0.133. The molecule has 0 saturated carbocycles. The Morgan fingerprint density at radius 1 is 1.26 bits per heavy atom. The minimum Gasteiger partial charge on any atom is -0.378 e. The Hall–Kier alpha value is -2.05. The van der Waals surface area contributed by atoms with E-state index >= 15 is 0 Å². The summed E-state index contributed by atoms with van der Waals surface area (Å²) in [6.45, 7) is 1.93. The molecule has 0 aromatic heterocycles. The molecule has 0 aliphatic rings. The van der Waals surface area contributed by atoms with Gasteiger partial charge in [-0.3, -0.25) is 0 Å². The molecule has 0 fully saturated rings. The van der Waals surface area contributed by atoms with Gasteiger partial charge in [0.1, 0.15) is 11.9 Å². The van der Waals surface area contributed by atoms with E-state index in [2.05, 4.69) is 5.32 Å². The fourth-order valence-corrected chi connectivity index (χ4v) is 2.03. The van der Waals surface area contributed by atoms with Crippen LogP contribution in [0.2, 0.25) is 5.02 Å². The van der Waals surface area contributed by atoms with Crippen molar-refractivity contribution < 1.29 is 4.39 Å². The summed E-state index contributed by atoms with van der Waals surface area (Å²) in [5, 5.41) is 12.4. The molecule has 1 unspecified atom stereocenters. The summed E-state index contributed by atoms with van der Waals surface area (Å²) in [6, 6.07) is 13.5. The van der Waals surface area contributed by atoms with Crippen molar-refractivity contribution >= 4 is 17.3 Å². The highest BCUT2D eigenvalue weighted by Gasteiger charge is 2.07. The molecular weight excluding hydrogens is 263 g/mol. The largest absolute Gasteiger partial charge is 0.378 e. The van der Waals surface area contributed by atoms with E-state index < -0.39 is 0 Å². The van der Waals surface area contributed by atoms with Crippen molar-refractivity contribution in [2.75, 3.05) is 5.32 Å². The predicted octanol–water partition coefficient (Wildman–Crippen LogP) is 4.52. The van der Waals surface area contributed by atoms with Crippen molar-refractivity contribution in [1.82, 2.24) is 0 Å². The van der Waals surface area contributed by atoms with Gasteiger partial charge in [0, 0.05) is 11.7 Å². The van der Waals surface area contributed by atoms with Gasteiger partial charge in [-0.2, -0.15) is 5.26 Å². The van der Waals surface area contributed by atoms with E-state index in [0.717, 1.165) is 11.3 Å². The summed E-state index contributed by atoms with van der Waals surface area (Å²) in [5.74, 6) is -0.260. The van der Waals surface area contributed by atoms with Gasteiger partial charge < -0.3 is 5.32 Å². The highest BCUT2D eigenvalue weighted by atomic mass is 35.5. The molecule has 0 spiro atoms. The van der Waals surface area contributed by atoms with E-state index in [1.165, 1.54) is 12.1 Å². The lowest BCUT2D eigenvalue weighted by molar-refractivity contribution is 0.623. The van der Waals surface area contributed by atoms with Crippen molar-refractivity contribution in [3.63, 3.8) is 0 Å². The molecule has 0 bridgehead atoms. The first-order chi connectivity index (χ1) is 9.10. The van der Waals surface area contributed by atoms with Crippen molar-refractivity contribution in [2.45, 2.75) is 13.0 Å². The molecule has 2 aromatic rings. The van der Waals surface area contributed by atoms with Gasteiger partial charge in [-0.05, 0) is 42.8 Å². The highest BCUT2D eigenvalue weighted by molar-refractivity contribution is 6.32. The number of hydrogen-bond acceptors (Lipinski definition) is 2. The molecule has 4 heteroatoms. The van der Waals surface area contributed by atoms with E-state index in [4.69, 9.17) is 16.9 Å². The molecule has 0 aliphatic carbocycles. The predicted molar refractivity (Wildman–Crippen MR) is 74.6 cm³/mol. The normalized spacial score (nSPS) is 11.7. The van der Waals surface area contributed by atoms with Crippen LogP contribution in [0.4, 0.5) is 10.1 Å². The number of rotatable bonds is 3. The van der Waals surface area contributed by atoms with E-state index in [1.807, 2.05) is 19.1 Å². The lowest BCUT2D eigenvalue weighted by atomic mass is 10.1. The minimum atomic E-state index is -0.260. The van der Waals surface area contributed by atoms with Crippen molar-refractivity contribution in [1.29, 1.82) is 5.26 Å². The smallest absolute Gasteiger partial charge is 0.123 e. The lowest BCUT2D eigenvalue weighted by Crippen LogP contribution is -2.06. The molecule has 2 nitrogen and oxygen atoms in total. The topological polar surface area (TPSA) is 35.8 Å². The maximum Gasteiger partial charge on any atom is 0.123 e. The van der Waals surface area contributed by atoms with Crippen molar-refractivity contribution in [3.05, 3.63) is 64.4 Å². The van der Waals surface area contributed by atoms with Gasteiger partial charge in [-0.1, -0.05) is 23.7 Å². The van der Waals surface area contributed by atoms with Gasteiger partial charge in [0.15, 0.2) is 0 Å². The molecule has 19 heavy (non-hydrogen) atoms.